The van der Waals surface area contributed by atoms with Gasteiger partial charge in [-0.3, -0.25) is 9.69 Å². The molecule has 2 heterocycles. The van der Waals surface area contributed by atoms with Crippen LogP contribution in [0.3, 0.4) is 0 Å². The second-order valence-corrected chi connectivity index (χ2v) is 8.82. The molecule has 0 N–H and O–H groups in total. The van der Waals surface area contributed by atoms with E-state index in [1.807, 2.05) is 47.2 Å². The third-order valence-corrected chi connectivity index (χ3v) is 6.59. The van der Waals surface area contributed by atoms with E-state index in [2.05, 4.69) is 21.9 Å². The average Bonchev–Trinajstić information content (AvgIpc) is 3.24. The summed E-state index contributed by atoms with van der Waals surface area (Å²) < 4.78 is 15.4. The third kappa shape index (κ3) is 4.65. The Bertz CT molecular complexity index is 1260. The highest BCUT2D eigenvalue weighted by atomic mass is 35.5. The van der Waals surface area contributed by atoms with E-state index >= 15 is 0 Å². The van der Waals surface area contributed by atoms with Crippen molar-refractivity contribution in [3.63, 3.8) is 0 Å². The molecule has 33 heavy (non-hydrogen) atoms. The van der Waals surface area contributed by atoms with E-state index in [1.54, 1.807) is 12.1 Å². The number of piperazine rings is 1. The van der Waals surface area contributed by atoms with Crippen LogP contribution in [-0.2, 0) is 0 Å². The lowest BCUT2D eigenvalue weighted by atomic mass is 10.1. The molecule has 1 aliphatic rings. The molecule has 6 heteroatoms. The van der Waals surface area contributed by atoms with Crippen molar-refractivity contribution in [1.29, 1.82) is 0 Å². The zero-order chi connectivity index (χ0) is 22.8. The quantitative estimate of drug-likeness (QED) is 0.339. The average molecular weight is 462 g/mol. The maximum atomic E-state index is 13.4. The van der Waals surface area contributed by atoms with Gasteiger partial charge in [0.15, 0.2) is 5.78 Å². The molecule has 0 saturated carbocycles. The fourth-order valence-corrected chi connectivity index (χ4v) is 4.62. The van der Waals surface area contributed by atoms with Gasteiger partial charge in [0.25, 0.3) is 0 Å². The summed E-state index contributed by atoms with van der Waals surface area (Å²) in [5, 5.41) is 1.68. The molecule has 168 valence electrons. The number of carbonyl (C=O) groups excluding carboxylic acids is 1. The van der Waals surface area contributed by atoms with Gasteiger partial charge in [-0.1, -0.05) is 29.8 Å². The number of ketones is 1. The molecule has 0 bridgehead atoms. The number of nitrogens with zero attached hydrogens (tertiary/aromatic N) is 3. The minimum atomic E-state index is -0.275. The molecular formula is C27H25ClFN3O. The highest BCUT2D eigenvalue weighted by Gasteiger charge is 2.20. The monoisotopic (exact) mass is 461 g/mol. The van der Waals surface area contributed by atoms with Crippen molar-refractivity contribution in [2.24, 2.45) is 0 Å². The number of anilines is 1. The van der Waals surface area contributed by atoms with Crippen molar-refractivity contribution in [3.05, 3.63) is 95.4 Å². The molecule has 4 nitrogen and oxygen atoms in total. The van der Waals surface area contributed by atoms with E-state index in [0.717, 1.165) is 59.9 Å². The molecule has 3 aromatic carbocycles. The molecule has 5 rings (SSSR count). The molecule has 1 aliphatic heterocycles. The summed E-state index contributed by atoms with van der Waals surface area (Å²) in [6.45, 7) is 4.45. The zero-order valence-corrected chi connectivity index (χ0v) is 19.0. The van der Waals surface area contributed by atoms with E-state index in [-0.39, 0.29) is 11.6 Å². The number of Topliss-reactive ketones (excluding diaryl/α,β-unsaturated/α-hetero) is 1. The van der Waals surface area contributed by atoms with Gasteiger partial charge in [-0.25, -0.2) is 4.39 Å². The van der Waals surface area contributed by atoms with Crippen LogP contribution in [0.15, 0.2) is 79.0 Å². The number of carbonyl (C=O) groups is 1. The first kappa shape index (κ1) is 21.7. The summed E-state index contributed by atoms with van der Waals surface area (Å²) >= 11 is 6.00. The second-order valence-electron chi connectivity index (χ2n) is 8.38. The number of rotatable bonds is 6. The van der Waals surface area contributed by atoms with Gasteiger partial charge in [-0.05, 0) is 54.6 Å². The minimum Gasteiger partial charge on any atom is -0.369 e. The number of fused-ring (bicyclic) bond motifs is 1. The van der Waals surface area contributed by atoms with Crippen LogP contribution >= 0.6 is 11.6 Å². The lowest BCUT2D eigenvalue weighted by Crippen LogP contribution is -2.46. The number of hydrogen-bond donors (Lipinski definition) is 0. The number of aromatic nitrogens is 1. The van der Waals surface area contributed by atoms with Crippen molar-refractivity contribution in [2.75, 3.05) is 37.6 Å². The van der Waals surface area contributed by atoms with E-state index in [1.165, 1.54) is 17.8 Å². The van der Waals surface area contributed by atoms with Crippen molar-refractivity contribution in [1.82, 2.24) is 9.47 Å². The summed E-state index contributed by atoms with van der Waals surface area (Å²) in [5.41, 5.74) is 3.69. The molecule has 0 radical (unpaired) electrons. The molecule has 1 aromatic heterocycles. The Kier molecular flexibility index (Phi) is 6.16. The van der Waals surface area contributed by atoms with Crippen LogP contribution in [0.25, 0.3) is 16.6 Å². The van der Waals surface area contributed by atoms with Gasteiger partial charge < -0.3 is 9.47 Å². The van der Waals surface area contributed by atoms with Crippen molar-refractivity contribution in [3.8, 4) is 5.69 Å². The highest BCUT2D eigenvalue weighted by Crippen LogP contribution is 2.26. The first-order valence-corrected chi connectivity index (χ1v) is 11.6. The molecular weight excluding hydrogens is 437 g/mol. The van der Waals surface area contributed by atoms with Crippen LogP contribution in [-0.4, -0.2) is 48.0 Å². The molecule has 0 aliphatic carbocycles. The van der Waals surface area contributed by atoms with Crippen LogP contribution in [0.2, 0.25) is 5.02 Å². The van der Waals surface area contributed by atoms with Gasteiger partial charge in [-0.15, -0.1) is 0 Å². The Labute approximate surface area is 197 Å². The van der Waals surface area contributed by atoms with E-state index in [9.17, 15) is 9.18 Å². The largest absolute Gasteiger partial charge is 0.369 e. The summed E-state index contributed by atoms with van der Waals surface area (Å²) in [4.78, 5) is 17.9. The fourth-order valence-electron chi connectivity index (χ4n) is 4.49. The maximum absolute atomic E-state index is 13.4. The number of hydrogen-bond acceptors (Lipinski definition) is 3. The van der Waals surface area contributed by atoms with Crippen molar-refractivity contribution >= 4 is 34.0 Å². The molecule has 0 spiro atoms. The third-order valence-electron chi connectivity index (χ3n) is 6.34. The van der Waals surface area contributed by atoms with Gasteiger partial charge in [0, 0.05) is 72.7 Å². The zero-order valence-electron chi connectivity index (χ0n) is 18.3. The van der Waals surface area contributed by atoms with Crippen LogP contribution in [0.4, 0.5) is 10.1 Å². The van der Waals surface area contributed by atoms with Gasteiger partial charge >= 0.3 is 0 Å². The Morgan fingerprint density at radius 3 is 2.24 bits per heavy atom. The van der Waals surface area contributed by atoms with E-state index in [4.69, 9.17) is 11.6 Å². The predicted octanol–water partition coefficient (Wildman–Crippen LogP) is 5.82. The minimum absolute atomic E-state index is 0.132. The topological polar surface area (TPSA) is 28.5 Å². The molecule has 0 amide bonds. The van der Waals surface area contributed by atoms with Crippen LogP contribution in [0.5, 0.6) is 0 Å². The first-order valence-electron chi connectivity index (χ1n) is 11.2. The molecule has 4 aromatic rings. The number of para-hydroxylation sites is 1. The molecule has 1 fully saturated rings. The van der Waals surface area contributed by atoms with Crippen molar-refractivity contribution in [2.45, 2.75) is 6.42 Å². The molecule has 1 saturated heterocycles. The predicted molar refractivity (Wildman–Crippen MR) is 132 cm³/mol. The summed E-state index contributed by atoms with van der Waals surface area (Å²) in [6, 6.07) is 22.2. The number of halogens is 2. The van der Waals surface area contributed by atoms with Gasteiger partial charge in [-0.2, -0.15) is 0 Å². The maximum Gasteiger partial charge on any atom is 0.166 e. The SMILES string of the molecule is O=C(CCN1CCN(c2ccc(Cl)cc2)CC1)c1cn(-c2ccc(F)cc2)c2ccccc12. The lowest BCUT2D eigenvalue weighted by Gasteiger charge is -2.36. The fraction of sp³-hybridized carbons (Fsp3) is 0.222. The Hall–Kier alpha value is -3.15. The molecule has 0 unspecified atom stereocenters. The van der Waals surface area contributed by atoms with Gasteiger partial charge in [0.2, 0.25) is 0 Å². The highest BCUT2D eigenvalue weighted by molar-refractivity contribution is 6.30. The van der Waals surface area contributed by atoms with E-state index in [0.29, 0.717) is 6.42 Å². The lowest BCUT2D eigenvalue weighted by molar-refractivity contribution is 0.0964. The van der Waals surface area contributed by atoms with Crippen LogP contribution in [0, 0.1) is 5.82 Å². The van der Waals surface area contributed by atoms with E-state index < -0.39 is 0 Å². The van der Waals surface area contributed by atoms with Crippen LogP contribution < -0.4 is 4.90 Å². The normalized spacial score (nSPS) is 14.7. The first-order chi connectivity index (χ1) is 16.1. The summed E-state index contributed by atoms with van der Waals surface area (Å²) in [5.74, 6) is -0.144. The summed E-state index contributed by atoms with van der Waals surface area (Å²) in [6.07, 6.45) is 2.36. The second kappa shape index (κ2) is 9.38. The van der Waals surface area contributed by atoms with Gasteiger partial charge in [0.1, 0.15) is 5.82 Å². The summed E-state index contributed by atoms with van der Waals surface area (Å²) in [7, 11) is 0. The standard InChI is InChI=1S/C27H25ClFN3O/c28-20-5-9-22(10-6-20)31-17-15-30(16-18-31)14-13-27(33)25-19-32(23-11-7-21(29)8-12-23)26-4-2-1-3-24(25)26/h1-12,19H,13-18H2. The Morgan fingerprint density at radius 1 is 0.848 bits per heavy atom. The Morgan fingerprint density at radius 2 is 1.52 bits per heavy atom. The Balaban J connectivity index is 1.26. The molecule has 0 atom stereocenters. The number of benzene rings is 3. The van der Waals surface area contributed by atoms with Crippen molar-refractivity contribution < 1.29 is 9.18 Å². The smallest absolute Gasteiger partial charge is 0.166 e. The van der Waals surface area contributed by atoms with Crippen LogP contribution in [0.1, 0.15) is 16.8 Å². The van der Waals surface area contributed by atoms with Gasteiger partial charge in [0.05, 0.1) is 5.52 Å².